The standard InChI is InChI=1S/C21H18N10O4/c1-30-18(25-15(16(32)21(30)34)20(33)23-11-8-22-35-9-11)19-24-13-7-10(17-26-28-29-27-17)5-6-14(13)31(19)12-3-2-4-12/h5-9,12,32H,2-4H2,1H3,(H,23,33)(H,26,27,28,29). The third kappa shape index (κ3) is 3.34. The van der Waals surface area contributed by atoms with E-state index < -0.39 is 22.9 Å². The lowest BCUT2D eigenvalue weighted by Crippen LogP contribution is -2.27. The van der Waals surface area contributed by atoms with Gasteiger partial charge in [-0.1, -0.05) is 5.16 Å². The number of carbonyl (C=O) groups excluding carboxylic acids is 1. The summed E-state index contributed by atoms with van der Waals surface area (Å²) in [6.45, 7) is 0. The first-order chi connectivity index (χ1) is 17.0. The van der Waals surface area contributed by atoms with Gasteiger partial charge in [-0.25, -0.2) is 9.97 Å². The third-order valence-corrected chi connectivity index (χ3v) is 6.11. The number of carbonyl (C=O) groups is 1. The summed E-state index contributed by atoms with van der Waals surface area (Å²) >= 11 is 0. The Morgan fingerprint density at radius 1 is 1.26 bits per heavy atom. The molecule has 0 aliphatic heterocycles. The van der Waals surface area contributed by atoms with E-state index in [1.807, 2.05) is 22.8 Å². The number of benzene rings is 1. The Hall–Kier alpha value is -4.88. The van der Waals surface area contributed by atoms with Crippen molar-refractivity contribution in [3.05, 3.63) is 46.7 Å². The van der Waals surface area contributed by atoms with Crippen LogP contribution in [-0.4, -0.2) is 55.9 Å². The zero-order chi connectivity index (χ0) is 24.1. The molecule has 4 heterocycles. The minimum Gasteiger partial charge on any atom is -0.501 e. The van der Waals surface area contributed by atoms with E-state index in [2.05, 4.69) is 36.1 Å². The van der Waals surface area contributed by atoms with Gasteiger partial charge in [0.25, 0.3) is 11.5 Å². The van der Waals surface area contributed by atoms with E-state index in [-0.39, 0.29) is 17.6 Å². The van der Waals surface area contributed by atoms with Gasteiger partial charge in [0.1, 0.15) is 12.0 Å². The molecule has 176 valence electrons. The fraction of sp³-hybridized carbons (Fsp3) is 0.238. The number of nitrogens with zero attached hydrogens (tertiary/aromatic N) is 8. The smallest absolute Gasteiger partial charge is 0.296 e. The maximum atomic E-state index is 12.9. The molecule has 0 saturated heterocycles. The summed E-state index contributed by atoms with van der Waals surface area (Å²) in [5.41, 5.74) is 1.27. The SMILES string of the molecule is Cn1c(-c2nc3cc(-c4nn[nH]n4)ccc3n2C2CCC2)nc(C(=O)Nc2cnoc2)c(O)c1=O. The number of rotatable bonds is 5. The van der Waals surface area contributed by atoms with Crippen molar-refractivity contribution in [2.24, 2.45) is 7.05 Å². The van der Waals surface area contributed by atoms with E-state index in [0.717, 1.165) is 30.3 Å². The molecular weight excluding hydrogens is 456 g/mol. The van der Waals surface area contributed by atoms with Crippen molar-refractivity contribution in [3.8, 4) is 28.8 Å². The minimum absolute atomic E-state index is 0.146. The molecule has 1 amide bonds. The fourth-order valence-corrected chi connectivity index (χ4v) is 4.10. The second-order valence-electron chi connectivity index (χ2n) is 8.19. The van der Waals surface area contributed by atoms with Crippen LogP contribution in [0.2, 0.25) is 0 Å². The van der Waals surface area contributed by atoms with Crippen molar-refractivity contribution in [1.82, 2.24) is 44.9 Å². The predicted molar refractivity (Wildman–Crippen MR) is 120 cm³/mol. The van der Waals surface area contributed by atoms with E-state index in [0.29, 0.717) is 17.2 Å². The van der Waals surface area contributed by atoms with Crippen molar-refractivity contribution in [2.45, 2.75) is 25.3 Å². The van der Waals surface area contributed by atoms with Crippen LogP contribution in [-0.2, 0) is 7.05 Å². The first-order valence-corrected chi connectivity index (χ1v) is 10.8. The molecule has 1 aliphatic rings. The quantitative estimate of drug-likeness (QED) is 0.338. The van der Waals surface area contributed by atoms with Gasteiger partial charge >= 0.3 is 0 Å². The van der Waals surface area contributed by atoms with Gasteiger partial charge in [-0.05, 0) is 42.7 Å². The normalized spacial score (nSPS) is 13.7. The van der Waals surface area contributed by atoms with E-state index in [9.17, 15) is 14.7 Å². The monoisotopic (exact) mass is 474 g/mol. The van der Waals surface area contributed by atoms with Crippen LogP contribution in [0, 0.1) is 0 Å². The number of aromatic nitrogens is 9. The number of tetrazole rings is 1. The average molecular weight is 474 g/mol. The van der Waals surface area contributed by atoms with Crippen molar-refractivity contribution < 1.29 is 14.4 Å². The Labute approximate surface area is 195 Å². The molecule has 0 unspecified atom stereocenters. The minimum atomic E-state index is -0.782. The van der Waals surface area contributed by atoms with E-state index in [4.69, 9.17) is 9.51 Å². The van der Waals surface area contributed by atoms with Gasteiger partial charge in [-0.3, -0.25) is 14.2 Å². The number of nitrogens with one attached hydrogen (secondary N) is 2. The molecule has 0 bridgehead atoms. The maximum absolute atomic E-state index is 12.9. The van der Waals surface area contributed by atoms with Crippen molar-refractivity contribution >= 4 is 22.6 Å². The molecule has 1 fully saturated rings. The van der Waals surface area contributed by atoms with Crippen LogP contribution >= 0.6 is 0 Å². The summed E-state index contributed by atoms with van der Waals surface area (Å²) in [5, 5.41) is 30.5. The van der Waals surface area contributed by atoms with E-state index in [1.165, 1.54) is 24.1 Å². The highest BCUT2D eigenvalue weighted by Crippen LogP contribution is 2.38. The zero-order valence-corrected chi connectivity index (χ0v) is 18.3. The average Bonchev–Trinajstić information content (AvgIpc) is 3.58. The van der Waals surface area contributed by atoms with Gasteiger partial charge in [0.2, 0.25) is 11.6 Å². The van der Waals surface area contributed by atoms with Gasteiger partial charge in [-0.15, -0.1) is 10.2 Å². The number of amides is 1. The Kier molecular flexibility index (Phi) is 4.65. The largest absolute Gasteiger partial charge is 0.501 e. The van der Waals surface area contributed by atoms with Gasteiger partial charge in [0.15, 0.2) is 17.3 Å². The Morgan fingerprint density at radius 2 is 2.11 bits per heavy atom. The first-order valence-electron chi connectivity index (χ1n) is 10.8. The Morgan fingerprint density at radius 3 is 2.80 bits per heavy atom. The summed E-state index contributed by atoms with van der Waals surface area (Å²) in [7, 11) is 1.47. The Balaban J connectivity index is 1.53. The molecule has 4 aromatic heterocycles. The molecule has 1 aliphatic carbocycles. The number of imidazole rings is 1. The maximum Gasteiger partial charge on any atom is 0.296 e. The van der Waals surface area contributed by atoms with Crippen molar-refractivity contribution in [3.63, 3.8) is 0 Å². The second kappa shape index (κ2) is 7.86. The molecule has 35 heavy (non-hydrogen) atoms. The molecule has 0 atom stereocenters. The van der Waals surface area contributed by atoms with Crippen molar-refractivity contribution in [1.29, 1.82) is 0 Å². The van der Waals surface area contributed by atoms with Crippen molar-refractivity contribution in [2.75, 3.05) is 5.32 Å². The van der Waals surface area contributed by atoms with E-state index >= 15 is 0 Å². The van der Waals surface area contributed by atoms with Gasteiger partial charge in [0, 0.05) is 18.7 Å². The molecule has 6 rings (SSSR count). The van der Waals surface area contributed by atoms with Crippen LogP contribution in [0.4, 0.5) is 5.69 Å². The molecule has 3 N–H and O–H groups in total. The number of hydrogen-bond acceptors (Lipinski definition) is 10. The van der Waals surface area contributed by atoms with E-state index in [1.54, 1.807) is 0 Å². The number of aromatic amines is 1. The summed E-state index contributed by atoms with van der Waals surface area (Å²) in [6, 6.07) is 5.77. The summed E-state index contributed by atoms with van der Waals surface area (Å²) < 4.78 is 7.92. The number of fused-ring (bicyclic) bond motifs is 1. The number of aromatic hydroxyl groups is 1. The molecule has 14 nitrogen and oxygen atoms in total. The fourth-order valence-electron chi connectivity index (χ4n) is 4.10. The van der Waals surface area contributed by atoms with Gasteiger partial charge < -0.3 is 19.5 Å². The number of H-pyrrole nitrogens is 1. The summed E-state index contributed by atoms with van der Waals surface area (Å²) in [4.78, 5) is 34.9. The molecule has 14 heteroatoms. The first kappa shape index (κ1) is 20.7. The molecule has 0 spiro atoms. The zero-order valence-electron chi connectivity index (χ0n) is 18.3. The van der Waals surface area contributed by atoms with Crippen LogP contribution < -0.4 is 10.9 Å². The summed E-state index contributed by atoms with van der Waals surface area (Å²) in [6.07, 6.45) is 5.46. The molecule has 5 aromatic rings. The summed E-state index contributed by atoms with van der Waals surface area (Å²) in [5.74, 6) is -0.568. The number of hydrogen-bond donors (Lipinski definition) is 3. The highest BCUT2D eigenvalue weighted by atomic mass is 16.5. The predicted octanol–water partition coefficient (Wildman–Crippen LogP) is 1.65. The van der Waals surface area contributed by atoms with Crippen LogP contribution in [0.3, 0.4) is 0 Å². The van der Waals surface area contributed by atoms with Crippen LogP contribution in [0.25, 0.3) is 34.1 Å². The van der Waals surface area contributed by atoms with Crippen LogP contribution in [0.5, 0.6) is 5.75 Å². The molecule has 1 saturated carbocycles. The van der Waals surface area contributed by atoms with Gasteiger partial charge in [-0.2, -0.15) is 5.21 Å². The van der Waals surface area contributed by atoms with Crippen LogP contribution in [0.1, 0.15) is 35.8 Å². The lowest BCUT2D eigenvalue weighted by molar-refractivity contribution is 0.101. The van der Waals surface area contributed by atoms with Gasteiger partial charge in [0.05, 0.1) is 17.2 Å². The lowest BCUT2D eigenvalue weighted by atomic mass is 9.92. The molecular formula is C21H18N10O4. The molecule has 1 aromatic carbocycles. The Bertz CT molecular complexity index is 1610. The second-order valence-corrected chi connectivity index (χ2v) is 8.19. The highest BCUT2D eigenvalue weighted by Gasteiger charge is 2.29. The number of anilines is 1. The topological polar surface area (TPSA) is 183 Å². The van der Waals surface area contributed by atoms with Crippen LogP contribution in [0.15, 0.2) is 40.0 Å². The lowest BCUT2D eigenvalue weighted by Gasteiger charge is -2.29. The third-order valence-electron chi connectivity index (χ3n) is 6.11. The highest BCUT2D eigenvalue weighted by molar-refractivity contribution is 6.04. The molecule has 0 radical (unpaired) electrons.